The second-order valence-corrected chi connectivity index (χ2v) is 4.80. The fourth-order valence-electron chi connectivity index (χ4n) is 2.20. The van der Waals surface area contributed by atoms with Crippen molar-refractivity contribution in [1.82, 2.24) is 0 Å². The van der Waals surface area contributed by atoms with E-state index in [0.717, 1.165) is 23.6 Å². The van der Waals surface area contributed by atoms with Crippen LogP contribution >= 0.6 is 0 Å². The predicted molar refractivity (Wildman–Crippen MR) is 82.7 cm³/mol. The second kappa shape index (κ2) is 6.20. The van der Waals surface area contributed by atoms with Crippen LogP contribution in [0.25, 0.3) is 17.2 Å². The number of rotatable bonds is 4. The zero-order valence-corrected chi connectivity index (χ0v) is 11.8. The number of hydrogen-bond acceptors (Lipinski definition) is 1. The van der Waals surface area contributed by atoms with Crippen LogP contribution < -0.4 is 0 Å². The lowest BCUT2D eigenvalue weighted by Gasteiger charge is -2.08. The Labute approximate surface area is 119 Å². The molecule has 0 amide bonds. The minimum atomic E-state index is -0.929. The minimum Gasteiger partial charge on any atom is -0.478 e. The Kier molecular flexibility index (Phi) is 4.36. The van der Waals surface area contributed by atoms with Crippen LogP contribution in [0.5, 0.6) is 0 Å². The van der Waals surface area contributed by atoms with E-state index in [1.807, 2.05) is 25.1 Å². The van der Waals surface area contributed by atoms with Crippen molar-refractivity contribution in [2.75, 3.05) is 0 Å². The smallest absolute Gasteiger partial charge is 0.328 e. The summed E-state index contributed by atoms with van der Waals surface area (Å²) in [6.07, 6.45) is 3.81. The van der Waals surface area contributed by atoms with Crippen LogP contribution in [-0.2, 0) is 11.2 Å². The first-order valence-corrected chi connectivity index (χ1v) is 6.71. The van der Waals surface area contributed by atoms with Gasteiger partial charge in [-0.05, 0) is 47.2 Å². The van der Waals surface area contributed by atoms with Gasteiger partial charge in [0.1, 0.15) is 0 Å². The lowest BCUT2D eigenvalue weighted by molar-refractivity contribution is -0.131. The standard InChI is InChI=1S/C18H18O2/c1-3-14-4-8-16(9-5-14)17-10-6-15(12-13(17)2)7-11-18(19)20/h4-12H,3H2,1-2H3,(H,19,20)/b11-7+. The summed E-state index contributed by atoms with van der Waals surface area (Å²) < 4.78 is 0. The van der Waals surface area contributed by atoms with Gasteiger partial charge in [-0.1, -0.05) is 49.4 Å². The lowest BCUT2D eigenvalue weighted by atomic mass is 9.97. The average molecular weight is 266 g/mol. The fourth-order valence-corrected chi connectivity index (χ4v) is 2.20. The third-order valence-electron chi connectivity index (χ3n) is 3.34. The average Bonchev–Trinajstić information content (AvgIpc) is 2.45. The van der Waals surface area contributed by atoms with Gasteiger partial charge in [0.25, 0.3) is 0 Å². The zero-order chi connectivity index (χ0) is 14.5. The molecule has 0 aliphatic rings. The summed E-state index contributed by atoms with van der Waals surface area (Å²) in [5.74, 6) is -0.929. The molecular weight excluding hydrogens is 248 g/mol. The van der Waals surface area contributed by atoms with E-state index in [-0.39, 0.29) is 0 Å². The molecule has 2 nitrogen and oxygen atoms in total. The van der Waals surface area contributed by atoms with E-state index >= 15 is 0 Å². The van der Waals surface area contributed by atoms with Crippen LogP contribution in [-0.4, -0.2) is 11.1 Å². The second-order valence-electron chi connectivity index (χ2n) is 4.80. The highest BCUT2D eigenvalue weighted by atomic mass is 16.4. The largest absolute Gasteiger partial charge is 0.478 e. The van der Waals surface area contributed by atoms with Gasteiger partial charge in [-0.3, -0.25) is 0 Å². The Morgan fingerprint density at radius 1 is 1.15 bits per heavy atom. The molecule has 2 rings (SSSR count). The molecular formula is C18H18O2. The van der Waals surface area contributed by atoms with E-state index in [9.17, 15) is 4.79 Å². The molecule has 0 heterocycles. The number of carbonyl (C=O) groups is 1. The molecule has 0 unspecified atom stereocenters. The number of hydrogen-bond donors (Lipinski definition) is 1. The van der Waals surface area contributed by atoms with Crippen molar-refractivity contribution in [3.8, 4) is 11.1 Å². The summed E-state index contributed by atoms with van der Waals surface area (Å²) in [5.41, 5.74) is 5.74. The molecule has 2 heteroatoms. The number of aryl methyl sites for hydroxylation is 2. The number of carboxylic acids is 1. The molecule has 102 valence electrons. The highest BCUT2D eigenvalue weighted by molar-refractivity contribution is 5.85. The van der Waals surface area contributed by atoms with E-state index in [4.69, 9.17) is 5.11 Å². The van der Waals surface area contributed by atoms with Crippen molar-refractivity contribution in [3.63, 3.8) is 0 Å². The summed E-state index contributed by atoms with van der Waals surface area (Å²) in [5, 5.41) is 8.64. The third-order valence-corrected chi connectivity index (χ3v) is 3.34. The van der Waals surface area contributed by atoms with Crippen LogP contribution in [0.4, 0.5) is 0 Å². The summed E-state index contributed by atoms with van der Waals surface area (Å²) in [7, 11) is 0. The molecule has 20 heavy (non-hydrogen) atoms. The summed E-state index contributed by atoms with van der Waals surface area (Å²) in [4.78, 5) is 10.5. The summed E-state index contributed by atoms with van der Waals surface area (Å²) in [6, 6.07) is 14.5. The fraction of sp³-hybridized carbons (Fsp3) is 0.167. The van der Waals surface area contributed by atoms with E-state index < -0.39 is 5.97 Å². The molecule has 0 saturated carbocycles. The lowest BCUT2D eigenvalue weighted by Crippen LogP contribution is -1.88. The van der Waals surface area contributed by atoms with E-state index in [0.29, 0.717) is 0 Å². The van der Waals surface area contributed by atoms with Gasteiger partial charge in [0, 0.05) is 6.08 Å². The Morgan fingerprint density at radius 3 is 2.40 bits per heavy atom. The number of benzene rings is 2. The molecule has 0 fully saturated rings. The van der Waals surface area contributed by atoms with Gasteiger partial charge in [0.05, 0.1) is 0 Å². The maximum atomic E-state index is 10.5. The molecule has 2 aromatic carbocycles. The van der Waals surface area contributed by atoms with Crippen molar-refractivity contribution in [2.24, 2.45) is 0 Å². The molecule has 1 N–H and O–H groups in total. The minimum absolute atomic E-state index is 0.902. The zero-order valence-electron chi connectivity index (χ0n) is 11.8. The Balaban J connectivity index is 2.31. The Bertz CT molecular complexity index is 637. The molecule has 0 aliphatic heterocycles. The van der Waals surface area contributed by atoms with Crippen LogP contribution in [0.3, 0.4) is 0 Å². The molecule has 0 spiro atoms. The Morgan fingerprint density at radius 2 is 1.85 bits per heavy atom. The first kappa shape index (κ1) is 14.1. The summed E-state index contributed by atoms with van der Waals surface area (Å²) in [6.45, 7) is 4.19. The van der Waals surface area contributed by atoms with E-state index in [1.54, 1.807) is 6.08 Å². The number of aliphatic carboxylic acids is 1. The van der Waals surface area contributed by atoms with Gasteiger partial charge in [-0.15, -0.1) is 0 Å². The van der Waals surface area contributed by atoms with Crippen molar-refractivity contribution < 1.29 is 9.90 Å². The monoisotopic (exact) mass is 266 g/mol. The van der Waals surface area contributed by atoms with Gasteiger partial charge in [-0.25, -0.2) is 4.79 Å². The molecule has 0 atom stereocenters. The van der Waals surface area contributed by atoms with Crippen LogP contribution in [0.15, 0.2) is 48.5 Å². The van der Waals surface area contributed by atoms with Gasteiger partial charge in [0.15, 0.2) is 0 Å². The van der Waals surface area contributed by atoms with Crippen molar-refractivity contribution in [3.05, 3.63) is 65.2 Å². The number of carboxylic acid groups (broad SMARTS) is 1. The summed E-state index contributed by atoms with van der Waals surface area (Å²) >= 11 is 0. The van der Waals surface area contributed by atoms with Crippen LogP contribution in [0.1, 0.15) is 23.6 Å². The molecule has 0 bridgehead atoms. The first-order valence-electron chi connectivity index (χ1n) is 6.71. The maximum Gasteiger partial charge on any atom is 0.328 e. The van der Waals surface area contributed by atoms with E-state index in [1.165, 1.54) is 16.7 Å². The quantitative estimate of drug-likeness (QED) is 0.837. The molecule has 0 saturated heterocycles. The van der Waals surface area contributed by atoms with Gasteiger partial charge < -0.3 is 5.11 Å². The predicted octanol–water partition coefficient (Wildman–Crippen LogP) is 4.32. The van der Waals surface area contributed by atoms with Gasteiger partial charge >= 0.3 is 5.97 Å². The van der Waals surface area contributed by atoms with Gasteiger partial charge in [-0.2, -0.15) is 0 Å². The van der Waals surface area contributed by atoms with Crippen LogP contribution in [0.2, 0.25) is 0 Å². The highest BCUT2D eigenvalue weighted by Gasteiger charge is 2.02. The topological polar surface area (TPSA) is 37.3 Å². The van der Waals surface area contributed by atoms with Crippen LogP contribution in [0, 0.1) is 6.92 Å². The third kappa shape index (κ3) is 3.35. The molecule has 0 aliphatic carbocycles. The van der Waals surface area contributed by atoms with Crippen molar-refractivity contribution >= 4 is 12.0 Å². The molecule has 0 radical (unpaired) electrons. The van der Waals surface area contributed by atoms with Gasteiger partial charge in [0.2, 0.25) is 0 Å². The highest BCUT2D eigenvalue weighted by Crippen LogP contribution is 2.25. The first-order chi connectivity index (χ1) is 9.60. The van der Waals surface area contributed by atoms with Crippen molar-refractivity contribution in [2.45, 2.75) is 20.3 Å². The van der Waals surface area contributed by atoms with E-state index in [2.05, 4.69) is 31.2 Å². The maximum absolute atomic E-state index is 10.5. The Hall–Kier alpha value is -2.35. The normalized spacial score (nSPS) is 10.9. The molecule has 0 aromatic heterocycles. The SMILES string of the molecule is CCc1ccc(-c2ccc(/C=C/C(=O)O)cc2C)cc1. The van der Waals surface area contributed by atoms with Crippen molar-refractivity contribution in [1.29, 1.82) is 0 Å². The molecule has 2 aromatic rings.